The fourth-order valence-corrected chi connectivity index (χ4v) is 5.38. The number of ketones is 1. The summed E-state index contributed by atoms with van der Waals surface area (Å²) in [7, 11) is 1.99. The molecule has 2 unspecified atom stereocenters. The van der Waals surface area contributed by atoms with Gasteiger partial charge in [-0.1, -0.05) is 24.3 Å². The average molecular weight is 436 g/mol. The van der Waals surface area contributed by atoms with Gasteiger partial charge in [0, 0.05) is 32.9 Å². The Hall–Kier alpha value is -2.90. The van der Waals surface area contributed by atoms with Crippen molar-refractivity contribution in [3.63, 3.8) is 0 Å². The van der Waals surface area contributed by atoms with Crippen LogP contribution in [0.3, 0.4) is 0 Å². The summed E-state index contributed by atoms with van der Waals surface area (Å²) in [6.07, 6.45) is 3.04. The summed E-state index contributed by atoms with van der Waals surface area (Å²) in [6, 6.07) is 10.6. The van der Waals surface area contributed by atoms with Gasteiger partial charge in [0.05, 0.1) is 17.3 Å². The van der Waals surface area contributed by atoms with E-state index in [-0.39, 0.29) is 29.0 Å². The van der Waals surface area contributed by atoms with Gasteiger partial charge in [-0.05, 0) is 54.9 Å². The second kappa shape index (κ2) is 8.22. The van der Waals surface area contributed by atoms with Crippen molar-refractivity contribution in [2.75, 3.05) is 25.7 Å². The minimum atomic E-state index is -0.620. The van der Waals surface area contributed by atoms with E-state index in [0.717, 1.165) is 54.9 Å². The molecule has 1 amide bonds. The number of carbonyl (C=O) groups excluding carboxylic acids is 2. The Kier molecular flexibility index (Phi) is 5.39. The van der Waals surface area contributed by atoms with Crippen LogP contribution in [0.15, 0.2) is 36.4 Å². The molecule has 3 heterocycles. The van der Waals surface area contributed by atoms with E-state index in [2.05, 4.69) is 10.4 Å². The monoisotopic (exact) mass is 435 g/mol. The number of hydrogen-bond acceptors (Lipinski definition) is 6. The number of hydrogen-bond donors (Lipinski definition) is 2. The fourth-order valence-electron chi connectivity index (χ4n) is 5.38. The van der Waals surface area contributed by atoms with Crippen LogP contribution in [0, 0.1) is 5.92 Å². The van der Waals surface area contributed by atoms with E-state index in [1.54, 1.807) is 11.0 Å². The SMILES string of the molecule is CC(=O)C1c2ccccc2CN1C(=O)c1cc2c(cc1O)NN(C)C2CC1CCOCC1. The van der Waals surface area contributed by atoms with Crippen LogP contribution in [0.25, 0.3) is 0 Å². The van der Waals surface area contributed by atoms with E-state index in [0.29, 0.717) is 12.5 Å². The van der Waals surface area contributed by atoms with Gasteiger partial charge in [0.15, 0.2) is 5.78 Å². The highest BCUT2D eigenvalue weighted by molar-refractivity contribution is 6.01. The zero-order chi connectivity index (χ0) is 22.4. The number of fused-ring (bicyclic) bond motifs is 2. The van der Waals surface area contributed by atoms with Crippen molar-refractivity contribution >= 4 is 17.4 Å². The predicted molar refractivity (Wildman–Crippen MR) is 120 cm³/mol. The van der Waals surface area contributed by atoms with Crippen LogP contribution < -0.4 is 5.43 Å². The number of Topliss-reactive ketones (excluding diaryl/α,β-unsaturated/α-hetero) is 1. The molecule has 2 N–H and O–H groups in total. The van der Waals surface area contributed by atoms with Crippen LogP contribution in [0.1, 0.15) is 65.3 Å². The number of rotatable bonds is 4. The molecule has 0 saturated carbocycles. The van der Waals surface area contributed by atoms with Crippen LogP contribution in [-0.2, 0) is 16.1 Å². The van der Waals surface area contributed by atoms with Crippen LogP contribution in [-0.4, -0.2) is 47.0 Å². The number of nitrogens with one attached hydrogen (secondary N) is 1. The van der Waals surface area contributed by atoms with E-state index in [1.807, 2.05) is 37.4 Å². The Morgan fingerprint density at radius 1 is 1.16 bits per heavy atom. The highest BCUT2D eigenvalue weighted by Gasteiger charge is 2.39. The zero-order valence-corrected chi connectivity index (χ0v) is 18.5. The van der Waals surface area contributed by atoms with Gasteiger partial charge in [-0.15, -0.1) is 0 Å². The maximum Gasteiger partial charge on any atom is 0.258 e. The third-order valence-corrected chi connectivity index (χ3v) is 7.07. The van der Waals surface area contributed by atoms with Crippen molar-refractivity contribution in [2.45, 2.75) is 44.8 Å². The number of anilines is 1. The summed E-state index contributed by atoms with van der Waals surface area (Å²) >= 11 is 0. The maximum atomic E-state index is 13.6. The van der Waals surface area contributed by atoms with E-state index < -0.39 is 6.04 Å². The second-order valence-corrected chi connectivity index (χ2v) is 9.13. The number of ether oxygens (including phenoxy) is 1. The molecule has 3 aliphatic heterocycles. The minimum absolute atomic E-state index is 0.0698. The third kappa shape index (κ3) is 3.55. The molecule has 1 fully saturated rings. The highest BCUT2D eigenvalue weighted by Crippen LogP contribution is 2.44. The lowest BCUT2D eigenvalue weighted by atomic mass is 9.89. The van der Waals surface area contributed by atoms with Crippen LogP contribution >= 0.6 is 0 Å². The number of aromatic hydroxyl groups is 1. The molecule has 2 aromatic carbocycles. The Morgan fingerprint density at radius 2 is 1.91 bits per heavy atom. The van der Waals surface area contributed by atoms with Gasteiger partial charge in [0.1, 0.15) is 11.8 Å². The minimum Gasteiger partial charge on any atom is -0.507 e. The molecule has 1 saturated heterocycles. The first kappa shape index (κ1) is 21.0. The number of nitrogens with zero attached hydrogens (tertiary/aromatic N) is 2. The Bertz CT molecular complexity index is 1060. The molecule has 0 spiro atoms. The first-order chi connectivity index (χ1) is 15.4. The molecule has 0 bridgehead atoms. The van der Waals surface area contributed by atoms with E-state index in [9.17, 15) is 14.7 Å². The van der Waals surface area contributed by atoms with Crippen molar-refractivity contribution in [3.05, 3.63) is 58.7 Å². The molecule has 7 heteroatoms. The van der Waals surface area contributed by atoms with Crippen molar-refractivity contribution in [2.24, 2.45) is 5.92 Å². The molecule has 3 aliphatic rings. The highest BCUT2D eigenvalue weighted by atomic mass is 16.5. The smallest absolute Gasteiger partial charge is 0.258 e. The second-order valence-electron chi connectivity index (χ2n) is 9.13. The Labute approximate surface area is 187 Å². The topological polar surface area (TPSA) is 82.1 Å². The number of benzene rings is 2. The van der Waals surface area contributed by atoms with Crippen molar-refractivity contribution in [1.82, 2.24) is 9.91 Å². The molecule has 0 aromatic heterocycles. The first-order valence-corrected chi connectivity index (χ1v) is 11.3. The summed E-state index contributed by atoms with van der Waals surface area (Å²) in [4.78, 5) is 27.6. The van der Waals surface area contributed by atoms with Crippen LogP contribution in [0.2, 0.25) is 0 Å². The summed E-state index contributed by atoms with van der Waals surface area (Å²) < 4.78 is 5.50. The Balaban J connectivity index is 1.46. The van der Waals surface area contributed by atoms with Crippen molar-refractivity contribution in [3.8, 4) is 5.75 Å². The first-order valence-electron chi connectivity index (χ1n) is 11.3. The largest absolute Gasteiger partial charge is 0.507 e. The molecule has 168 valence electrons. The molecule has 2 atom stereocenters. The quantitative estimate of drug-likeness (QED) is 0.760. The van der Waals surface area contributed by atoms with Crippen LogP contribution in [0.5, 0.6) is 5.75 Å². The number of amides is 1. The summed E-state index contributed by atoms with van der Waals surface area (Å²) in [5.74, 6) is 0.0931. The van der Waals surface area contributed by atoms with Crippen molar-refractivity contribution < 1.29 is 19.4 Å². The van der Waals surface area contributed by atoms with Crippen LogP contribution in [0.4, 0.5) is 5.69 Å². The van der Waals surface area contributed by atoms with Gasteiger partial charge < -0.3 is 20.2 Å². The van der Waals surface area contributed by atoms with Gasteiger partial charge in [-0.2, -0.15) is 0 Å². The zero-order valence-electron chi connectivity index (χ0n) is 18.5. The molecule has 32 heavy (non-hydrogen) atoms. The number of hydrazine groups is 1. The summed E-state index contributed by atoms with van der Waals surface area (Å²) in [5.41, 5.74) is 7.24. The predicted octanol–water partition coefficient (Wildman–Crippen LogP) is 3.81. The number of carbonyl (C=O) groups is 2. The van der Waals surface area contributed by atoms with E-state index in [4.69, 9.17) is 4.74 Å². The lowest BCUT2D eigenvalue weighted by molar-refractivity contribution is -0.121. The molecule has 7 nitrogen and oxygen atoms in total. The van der Waals surface area contributed by atoms with Gasteiger partial charge >= 0.3 is 0 Å². The van der Waals surface area contributed by atoms with Crippen molar-refractivity contribution in [1.29, 1.82) is 0 Å². The number of phenols is 1. The molecule has 5 rings (SSSR count). The summed E-state index contributed by atoms with van der Waals surface area (Å²) in [5, 5.41) is 12.8. The third-order valence-electron chi connectivity index (χ3n) is 7.07. The normalized spacial score (nSPS) is 23.0. The molecule has 0 radical (unpaired) electrons. The lowest BCUT2D eigenvalue weighted by Gasteiger charge is -2.28. The average Bonchev–Trinajstić information content (AvgIpc) is 3.31. The van der Waals surface area contributed by atoms with Gasteiger partial charge in [0.2, 0.25) is 0 Å². The molecule has 0 aliphatic carbocycles. The standard InChI is InChI=1S/C25H29N3O4/c1-15(29)24-18-6-4-3-5-17(18)14-28(24)25(31)20-12-19-21(13-23(20)30)26-27(2)22(19)11-16-7-9-32-10-8-16/h3-6,12-13,16,22,24,26,30H,7-11,14H2,1-2H3. The Morgan fingerprint density at radius 3 is 2.66 bits per heavy atom. The maximum absolute atomic E-state index is 13.6. The van der Waals surface area contributed by atoms with E-state index >= 15 is 0 Å². The lowest BCUT2D eigenvalue weighted by Crippen LogP contribution is -2.33. The van der Waals surface area contributed by atoms with Gasteiger partial charge in [0.25, 0.3) is 5.91 Å². The molecular formula is C25H29N3O4. The van der Waals surface area contributed by atoms with E-state index in [1.165, 1.54) is 6.92 Å². The molecule has 2 aromatic rings. The molecular weight excluding hydrogens is 406 g/mol. The van der Waals surface area contributed by atoms with Gasteiger partial charge in [-0.25, -0.2) is 5.01 Å². The van der Waals surface area contributed by atoms with Gasteiger partial charge in [-0.3, -0.25) is 9.59 Å². The summed E-state index contributed by atoms with van der Waals surface area (Å²) in [6.45, 7) is 3.46. The fraction of sp³-hybridized carbons (Fsp3) is 0.440. The number of phenolic OH excluding ortho intramolecular Hbond substituents is 1.